The molecule has 1 aromatic carbocycles. The number of thioether (sulfide) groups is 1. The second-order valence-corrected chi connectivity index (χ2v) is 7.59. The Bertz CT molecular complexity index is 635. The minimum Gasteiger partial charge on any atom is -0.507 e. The van der Waals surface area contributed by atoms with E-state index in [-0.39, 0.29) is 4.90 Å². The van der Waals surface area contributed by atoms with E-state index in [0.29, 0.717) is 18.7 Å². The Morgan fingerprint density at radius 2 is 1.90 bits per heavy atom. The molecule has 0 aromatic heterocycles. The van der Waals surface area contributed by atoms with Gasteiger partial charge in [0.1, 0.15) is 11.3 Å². The summed E-state index contributed by atoms with van der Waals surface area (Å²) in [5.74, 6) is -0.332. The SMILES string of the molecule is Cc1cc(O)c(C(=O)O)cc1S(=O)(=O)N1CCSCC1. The van der Waals surface area contributed by atoms with Gasteiger partial charge in [-0.15, -0.1) is 0 Å². The molecule has 0 aliphatic carbocycles. The smallest absolute Gasteiger partial charge is 0.339 e. The van der Waals surface area contributed by atoms with E-state index < -0.39 is 27.3 Å². The first-order chi connectivity index (χ1) is 9.34. The topological polar surface area (TPSA) is 94.9 Å². The van der Waals surface area contributed by atoms with Gasteiger partial charge in [-0.3, -0.25) is 0 Å². The number of hydrogen-bond donors (Lipinski definition) is 2. The Hall–Kier alpha value is -1.25. The van der Waals surface area contributed by atoms with Crippen LogP contribution in [0, 0.1) is 6.92 Å². The Morgan fingerprint density at radius 3 is 2.45 bits per heavy atom. The summed E-state index contributed by atoms with van der Waals surface area (Å²) in [6.45, 7) is 2.36. The molecule has 2 rings (SSSR count). The lowest BCUT2D eigenvalue weighted by atomic mass is 10.1. The highest BCUT2D eigenvalue weighted by Crippen LogP contribution is 2.28. The van der Waals surface area contributed by atoms with Gasteiger partial charge in [0.2, 0.25) is 10.0 Å². The molecular weight excluding hydrogens is 302 g/mol. The average molecular weight is 317 g/mol. The molecule has 0 saturated carbocycles. The third kappa shape index (κ3) is 2.77. The molecular formula is C12H15NO5S2. The lowest BCUT2D eigenvalue weighted by molar-refractivity contribution is 0.0693. The van der Waals surface area contributed by atoms with Crippen LogP contribution in [0.4, 0.5) is 0 Å². The summed E-state index contributed by atoms with van der Waals surface area (Å²) in [4.78, 5) is 11.0. The van der Waals surface area contributed by atoms with Gasteiger partial charge < -0.3 is 10.2 Å². The zero-order valence-electron chi connectivity index (χ0n) is 10.9. The van der Waals surface area contributed by atoms with Gasteiger partial charge in [-0.25, -0.2) is 13.2 Å². The van der Waals surface area contributed by atoms with E-state index in [1.54, 1.807) is 11.8 Å². The van der Waals surface area contributed by atoms with Crippen LogP contribution < -0.4 is 0 Å². The van der Waals surface area contributed by atoms with Crippen LogP contribution in [-0.2, 0) is 10.0 Å². The average Bonchev–Trinajstić information content (AvgIpc) is 2.39. The Morgan fingerprint density at radius 1 is 1.30 bits per heavy atom. The molecule has 2 N–H and O–H groups in total. The van der Waals surface area contributed by atoms with Crippen molar-refractivity contribution in [3.8, 4) is 5.75 Å². The maximum absolute atomic E-state index is 12.5. The van der Waals surface area contributed by atoms with Gasteiger partial charge in [0.15, 0.2) is 0 Å². The minimum atomic E-state index is -3.72. The van der Waals surface area contributed by atoms with Crippen molar-refractivity contribution < 1.29 is 23.4 Å². The summed E-state index contributed by atoms with van der Waals surface area (Å²) in [6.07, 6.45) is 0. The number of nitrogens with zero attached hydrogens (tertiary/aromatic N) is 1. The summed E-state index contributed by atoms with van der Waals surface area (Å²) < 4.78 is 26.4. The molecule has 1 aromatic rings. The zero-order chi connectivity index (χ0) is 14.9. The highest BCUT2D eigenvalue weighted by atomic mass is 32.2. The Kier molecular flexibility index (Phi) is 4.26. The summed E-state index contributed by atoms with van der Waals surface area (Å²) in [5.41, 5.74) is -0.0636. The van der Waals surface area contributed by atoms with E-state index in [1.807, 2.05) is 0 Å². The van der Waals surface area contributed by atoms with E-state index in [9.17, 15) is 18.3 Å². The van der Waals surface area contributed by atoms with Crippen molar-refractivity contribution >= 4 is 27.8 Å². The van der Waals surface area contributed by atoms with E-state index in [0.717, 1.165) is 17.6 Å². The monoisotopic (exact) mass is 317 g/mol. The summed E-state index contributed by atoms with van der Waals surface area (Å²) in [6, 6.07) is 2.21. The molecule has 1 aliphatic heterocycles. The number of phenols is 1. The molecule has 0 bridgehead atoms. The molecule has 0 unspecified atom stereocenters. The quantitative estimate of drug-likeness (QED) is 0.868. The molecule has 0 spiro atoms. The lowest BCUT2D eigenvalue weighted by Crippen LogP contribution is -2.38. The molecule has 1 aliphatic rings. The summed E-state index contributed by atoms with van der Waals surface area (Å²) in [5, 5.41) is 18.6. The third-order valence-corrected chi connectivity index (χ3v) is 6.09. The number of rotatable bonds is 3. The first kappa shape index (κ1) is 15.1. The van der Waals surface area contributed by atoms with E-state index in [1.165, 1.54) is 17.3 Å². The van der Waals surface area contributed by atoms with Crippen molar-refractivity contribution in [1.82, 2.24) is 4.31 Å². The van der Waals surface area contributed by atoms with Crippen LogP contribution in [-0.4, -0.2) is 53.5 Å². The second-order valence-electron chi connectivity index (χ2n) is 4.46. The number of carboxylic acid groups (broad SMARTS) is 1. The lowest BCUT2D eigenvalue weighted by Gasteiger charge is -2.26. The maximum Gasteiger partial charge on any atom is 0.339 e. The third-order valence-electron chi connectivity index (χ3n) is 3.11. The van der Waals surface area contributed by atoms with Crippen LogP contribution in [0.25, 0.3) is 0 Å². The number of aromatic hydroxyl groups is 1. The Balaban J connectivity index is 2.50. The number of benzene rings is 1. The summed E-state index contributed by atoms with van der Waals surface area (Å²) in [7, 11) is -3.72. The normalized spacial score (nSPS) is 17.1. The van der Waals surface area contributed by atoms with Crippen molar-refractivity contribution in [2.45, 2.75) is 11.8 Å². The van der Waals surface area contributed by atoms with Crippen molar-refractivity contribution in [2.24, 2.45) is 0 Å². The first-order valence-electron chi connectivity index (χ1n) is 5.99. The zero-order valence-corrected chi connectivity index (χ0v) is 12.5. The fourth-order valence-electron chi connectivity index (χ4n) is 2.05. The maximum atomic E-state index is 12.5. The van der Waals surface area contributed by atoms with Crippen LogP contribution in [0.2, 0.25) is 0 Å². The van der Waals surface area contributed by atoms with Crippen molar-refractivity contribution in [1.29, 1.82) is 0 Å². The summed E-state index contributed by atoms with van der Waals surface area (Å²) >= 11 is 1.68. The molecule has 20 heavy (non-hydrogen) atoms. The number of aryl methyl sites for hydroxylation is 1. The number of sulfonamides is 1. The van der Waals surface area contributed by atoms with Crippen LogP contribution in [0.15, 0.2) is 17.0 Å². The second kappa shape index (κ2) is 5.63. The van der Waals surface area contributed by atoms with E-state index in [4.69, 9.17) is 5.11 Å². The van der Waals surface area contributed by atoms with Gasteiger partial charge in [0.05, 0.1) is 4.90 Å². The van der Waals surface area contributed by atoms with Crippen molar-refractivity contribution in [2.75, 3.05) is 24.6 Å². The molecule has 0 amide bonds. The fraction of sp³-hybridized carbons (Fsp3) is 0.417. The van der Waals surface area contributed by atoms with Crippen molar-refractivity contribution in [3.05, 3.63) is 23.3 Å². The first-order valence-corrected chi connectivity index (χ1v) is 8.58. The number of hydrogen-bond acceptors (Lipinski definition) is 5. The van der Waals surface area contributed by atoms with Crippen molar-refractivity contribution in [3.63, 3.8) is 0 Å². The molecule has 8 heteroatoms. The highest BCUT2D eigenvalue weighted by molar-refractivity contribution is 7.99. The molecule has 110 valence electrons. The largest absolute Gasteiger partial charge is 0.507 e. The minimum absolute atomic E-state index is 0.0559. The van der Waals surface area contributed by atoms with E-state index >= 15 is 0 Å². The molecule has 0 atom stereocenters. The number of aromatic carboxylic acids is 1. The van der Waals surface area contributed by atoms with Crippen LogP contribution in [0.3, 0.4) is 0 Å². The van der Waals surface area contributed by atoms with Gasteiger partial charge in [-0.1, -0.05) is 0 Å². The van der Waals surface area contributed by atoms with Crippen LogP contribution in [0.1, 0.15) is 15.9 Å². The van der Waals surface area contributed by atoms with Crippen LogP contribution in [0.5, 0.6) is 5.75 Å². The molecule has 1 heterocycles. The number of carbonyl (C=O) groups is 1. The number of carboxylic acids is 1. The van der Waals surface area contributed by atoms with Gasteiger partial charge in [-0.05, 0) is 24.6 Å². The van der Waals surface area contributed by atoms with Gasteiger partial charge in [0, 0.05) is 24.6 Å². The predicted octanol–water partition coefficient (Wildman–Crippen LogP) is 1.14. The standard InChI is InChI=1S/C12H15NO5S2/c1-8-6-10(14)9(12(15)16)7-11(8)20(17,18)13-2-4-19-5-3-13/h6-7,14H,2-5H2,1H3,(H,15,16). The van der Waals surface area contributed by atoms with Gasteiger partial charge in [0.25, 0.3) is 0 Å². The van der Waals surface area contributed by atoms with Gasteiger partial charge in [-0.2, -0.15) is 16.1 Å². The molecule has 1 saturated heterocycles. The van der Waals surface area contributed by atoms with Gasteiger partial charge >= 0.3 is 5.97 Å². The predicted molar refractivity (Wildman–Crippen MR) is 75.9 cm³/mol. The fourth-order valence-corrected chi connectivity index (χ4v) is 4.86. The van der Waals surface area contributed by atoms with E-state index in [2.05, 4.69) is 0 Å². The van der Waals surface area contributed by atoms with Crippen LogP contribution >= 0.6 is 11.8 Å². The highest BCUT2D eigenvalue weighted by Gasteiger charge is 2.29. The Labute approximate surface area is 121 Å². The molecule has 6 nitrogen and oxygen atoms in total. The molecule has 0 radical (unpaired) electrons. The molecule has 1 fully saturated rings.